The molecular formula is C20H31BrN2O3. The van der Waals surface area contributed by atoms with E-state index in [1.807, 2.05) is 26.0 Å². The quantitative estimate of drug-likeness (QED) is 0.686. The molecule has 0 radical (unpaired) electrons. The summed E-state index contributed by atoms with van der Waals surface area (Å²) in [7, 11) is 0. The molecule has 1 fully saturated rings. The maximum Gasteiger partial charge on any atom is 0.224 e. The van der Waals surface area contributed by atoms with Crippen molar-refractivity contribution in [3.63, 3.8) is 0 Å². The van der Waals surface area contributed by atoms with E-state index >= 15 is 0 Å². The van der Waals surface area contributed by atoms with Crippen LogP contribution in [0.15, 0.2) is 16.6 Å². The molecule has 146 valence electrons. The molecule has 1 N–H and O–H groups in total. The summed E-state index contributed by atoms with van der Waals surface area (Å²) in [6.45, 7) is 11.5. The number of amides is 1. The van der Waals surface area contributed by atoms with E-state index in [-0.39, 0.29) is 11.9 Å². The molecular weight excluding hydrogens is 396 g/mol. The van der Waals surface area contributed by atoms with E-state index in [1.165, 1.54) is 0 Å². The summed E-state index contributed by atoms with van der Waals surface area (Å²) in [6, 6.07) is 4.63. The number of carbonyl (C=O) groups is 1. The van der Waals surface area contributed by atoms with Crippen molar-refractivity contribution in [3.8, 4) is 11.5 Å². The van der Waals surface area contributed by atoms with Crippen molar-refractivity contribution >= 4 is 21.8 Å². The van der Waals surface area contributed by atoms with Crippen molar-refractivity contribution in [2.75, 3.05) is 26.3 Å². The van der Waals surface area contributed by atoms with Crippen LogP contribution in [0.5, 0.6) is 11.5 Å². The Balaban J connectivity index is 1.97. The lowest BCUT2D eigenvalue weighted by Crippen LogP contribution is -2.46. The maximum atomic E-state index is 12.5. The van der Waals surface area contributed by atoms with Crippen molar-refractivity contribution in [2.45, 2.75) is 59.0 Å². The van der Waals surface area contributed by atoms with Gasteiger partial charge < -0.3 is 19.7 Å². The summed E-state index contributed by atoms with van der Waals surface area (Å²) in [5, 5.41) is 3.19. The third kappa shape index (κ3) is 5.88. The summed E-state index contributed by atoms with van der Waals surface area (Å²) in [5.74, 6) is 1.44. The van der Waals surface area contributed by atoms with E-state index in [2.05, 4.69) is 40.0 Å². The van der Waals surface area contributed by atoms with Gasteiger partial charge in [0.25, 0.3) is 0 Å². The molecule has 0 saturated carbocycles. The number of hydrogen-bond donors (Lipinski definition) is 1. The number of piperidine rings is 1. The van der Waals surface area contributed by atoms with Crippen LogP contribution in [0.2, 0.25) is 0 Å². The number of likely N-dealkylation sites (tertiary alicyclic amines) is 1. The summed E-state index contributed by atoms with van der Waals surface area (Å²) < 4.78 is 12.2. The molecule has 0 bridgehead atoms. The fourth-order valence-electron chi connectivity index (χ4n) is 3.26. The van der Waals surface area contributed by atoms with Crippen LogP contribution in [0.25, 0.3) is 0 Å². The van der Waals surface area contributed by atoms with Gasteiger partial charge in [-0.05, 0) is 58.2 Å². The van der Waals surface area contributed by atoms with Crippen LogP contribution in [0, 0.1) is 0 Å². The van der Waals surface area contributed by atoms with Crippen molar-refractivity contribution in [1.29, 1.82) is 0 Å². The van der Waals surface area contributed by atoms with Gasteiger partial charge in [0.2, 0.25) is 5.91 Å². The molecule has 26 heavy (non-hydrogen) atoms. The Morgan fingerprint density at radius 2 is 1.77 bits per heavy atom. The zero-order valence-corrected chi connectivity index (χ0v) is 17.9. The highest BCUT2D eigenvalue weighted by molar-refractivity contribution is 9.10. The highest BCUT2D eigenvalue weighted by Crippen LogP contribution is 2.34. The fourth-order valence-corrected chi connectivity index (χ4v) is 3.72. The van der Waals surface area contributed by atoms with Gasteiger partial charge >= 0.3 is 0 Å². The molecule has 1 aliphatic rings. The third-order valence-electron chi connectivity index (χ3n) is 4.69. The fraction of sp³-hybridized carbons (Fsp3) is 0.650. The second-order valence-electron chi connectivity index (χ2n) is 6.90. The smallest absolute Gasteiger partial charge is 0.224 e. The van der Waals surface area contributed by atoms with Crippen molar-refractivity contribution in [3.05, 3.63) is 22.2 Å². The van der Waals surface area contributed by atoms with Gasteiger partial charge in [0.05, 0.1) is 19.6 Å². The number of nitrogens with one attached hydrogen (secondary N) is 1. The Morgan fingerprint density at radius 1 is 1.19 bits per heavy atom. The molecule has 1 amide bonds. The van der Waals surface area contributed by atoms with Crippen LogP contribution in [-0.2, 0) is 11.2 Å². The normalized spacial score (nSPS) is 15.9. The number of nitrogens with zero attached hydrogens (tertiary/aromatic N) is 1. The van der Waals surface area contributed by atoms with Gasteiger partial charge in [-0.2, -0.15) is 0 Å². The van der Waals surface area contributed by atoms with E-state index in [4.69, 9.17) is 9.47 Å². The minimum atomic E-state index is 0.0558. The second kappa shape index (κ2) is 10.2. The molecule has 0 aromatic heterocycles. The number of benzene rings is 1. The van der Waals surface area contributed by atoms with Crippen molar-refractivity contribution < 1.29 is 14.3 Å². The maximum absolute atomic E-state index is 12.5. The van der Waals surface area contributed by atoms with Gasteiger partial charge in [-0.3, -0.25) is 4.79 Å². The molecule has 1 aromatic rings. The van der Waals surface area contributed by atoms with Crippen molar-refractivity contribution in [2.24, 2.45) is 0 Å². The standard InChI is InChI=1S/C20H31BrN2O3/c1-5-25-18-11-15(17(21)13-19(18)26-6-2)12-20(24)22-16-7-9-23(10-8-16)14(3)4/h11,13-14,16H,5-10,12H2,1-4H3,(H,22,24). The largest absolute Gasteiger partial charge is 0.490 e. The van der Waals surface area contributed by atoms with E-state index in [1.54, 1.807) is 0 Å². The topological polar surface area (TPSA) is 50.8 Å². The Hall–Kier alpha value is -1.27. The Kier molecular flexibility index (Phi) is 8.22. The number of halogens is 1. The first-order chi connectivity index (χ1) is 12.4. The average molecular weight is 427 g/mol. The minimum absolute atomic E-state index is 0.0558. The third-order valence-corrected chi connectivity index (χ3v) is 5.43. The van der Waals surface area contributed by atoms with E-state index in [0.29, 0.717) is 37.2 Å². The van der Waals surface area contributed by atoms with Crippen LogP contribution < -0.4 is 14.8 Å². The minimum Gasteiger partial charge on any atom is -0.490 e. The molecule has 1 saturated heterocycles. The Bertz CT molecular complexity index is 599. The predicted molar refractivity (Wildman–Crippen MR) is 108 cm³/mol. The van der Waals surface area contributed by atoms with Crippen LogP contribution in [0.4, 0.5) is 0 Å². The first kappa shape index (κ1) is 21.0. The SMILES string of the molecule is CCOc1cc(Br)c(CC(=O)NC2CCN(C(C)C)CC2)cc1OCC. The number of carbonyl (C=O) groups excluding carboxylic acids is 1. The summed E-state index contributed by atoms with van der Waals surface area (Å²) >= 11 is 3.56. The van der Waals surface area contributed by atoms with Gasteiger partial charge in [-0.1, -0.05) is 15.9 Å². The molecule has 0 atom stereocenters. The predicted octanol–water partition coefficient (Wildman–Crippen LogP) is 3.78. The van der Waals surface area contributed by atoms with Gasteiger partial charge in [0.1, 0.15) is 0 Å². The zero-order valence-electron chi connectivity index (χ0n) is 16.3. The molecule has 0 aliphatic carbocycles. The lowest BCUT2D eigenvalue weighted by atomic mass is 10.0. The van der Waals surface area contributed by atoms with Gasteiger partial charge in [-0.25, -0.2) is 0 Å². The highest BCUT2D eigenvalue weighted by Gasteiger charge is 2.22. The Morgan fingerprint density at radius 3 is 2.31 bits per heavy atom. The molecule has 1 aliphatic heterocycles. The average Bonchev–Trinajstić information content (AvgIpc) is 2.59. The molecule has 0 spiro atoms. The molecule has 0 unspecified atom stereocenters. The number of rotatable bonds is 8. The van der Waals surface area contributed by atoms with Crippen LogP contribution in [0.1, 0.15) is 46.1 Å². The van der Waals surface area contributed by atoms with E-state index in [9.17, 15) is 4.79 Å². The number of ether oxygens (including phenoxy) is 2. The molecule has 1 aromatic carbocycles. The Labute approximate surface area is 165 Å². The number of hydrogen-bond acceptors (Lipinski definition) is 4. The summed E-state index contributed by atoms with van der Waals surface area (Å²) in [5.41, 5.74) is 0.911. The molecule has 5 nitrogen and oxygen atoms in total. The highest BCUT2D eigenvalue weighted by atomic mass is 79.9. The monoisotopic (exact) mass is 426 g/mol. The first-order valence-electron chi connectivity index (χ1n) is 9.56. The molecule has 2 rings (SSSR count). The lowest BCUT2D eigenvalue weighted by Gasteiger charge is -2.34. The summed E-state index contributed by atoms with van der Waals surface area (Å²) in [4.78, 5) is 15.0. The van der Waals surface area contributed by atoms with E-state index < -0.39 is 0 Å². The first-order valence-corrected chi connectivity index (χ1v) is 10.3. The van der Waals surface area contributed by atoms with Crippen LogP contribution in [0.3, 0.4) is 0 Å². The van der Waals surface area contributed by atoms with E-state index in [0.717, 1.165) is 36.0 Å². The molecule has 6 heteroatoms. The van der Waals surface area contributed by atoms with Gasteiger partial charge in [0.15, 0.2) is 11.5 Å². The zero-order chi connectivity index (χ0) is 19.1. The lowest BCUT2D eigenvalue weighted by molar-refractivity contribution is -0.121. The summed E-state index contributed by atoms with van der Waals surface area (Å²) in [6.07, 6.45) is 2.36. The second-order valence-corrected chi connectivity index (χ2v) is 7.76. The van der Waals surface area contributed by atoms with Gasteiger partial charge in [0, 0.05) is 29.6 Å². The van der Waals surface area contributed by atoms with Crippen molar-refractivity contribution in [1.82, 2.24) is 10.2 Å². The van der Waals surface area contributed by atoms with Gasteiger partial charge in [-0.15, -0.1) is 0 Å². The van der Waals surface area contributed by atoms with Crippen LogP contribution in [-0.4, -0.2) is 49.2 Å². The van der Waals surface area contributed by atoms with Crippen LogP contribution >= 0.6 is 15.9 Å². The molecule has 1 heterocycles.